The molecule has 0 bridgehead atoms. The van der Waals surface area contributed by atoms with Crippen LogP contribution in [0.3, 0.4) is 0 Å². The van der Waals surface area contributed by atoms with Crippen LogP contribution in [0.4, 0.5) is 0 Å². The van der Waals surface area contributed by atoms with Gasteiger partial charge in [0.15, 0.2) is 0 Å². The lowest BCUT2D eigenvalue weighted by molar-refractivity contribution is -0.111. The second kappa shape index (κ2) is 5.51. The lowest BCUT2D eigenvalue weighted by Gasteiger charge is -2.05. The normalized spacial score (nSPS) is 9.73. The molecular formula is C11H12ClNO2. The van der Waals surface area contributed by atoms with Gasteiger partial charge in [0.05, 0.1) is 0 Å². The van der Waals surface area contributed by atoms with Gasteiger partial charge in [0.1, 0.15) is 0 Å². The van der Waals surface area contributed by atoms with Gasteiger partial charge in [-0.3, -0.25) is 9.59 Å². The van der Waals surface area contributed by atoms with Crippen molar-refractivity contribution >= 4 is 22.8 Å². The van der Waals surface area contributed by atoms with E-state index in [1.165, 1.54) is 0 Å². The Hall–Kier alpha value is -1.35. The molecule has 0 unspecified atom stereocenters. The topological polar surface area (TPSA) is 46.2 Å². The Kier molecular flexibility index (Phi) is 4.31. The fraction of sp³-hybridized carbons (Fsp3) is 0.273. The number of carbonyl (C=O) groups excluding carboxylic acids is 2. The van der Waals surface area contributed by atoms with E-state index in [-0.39, 0.29) is 18.9 Å². The number of hydrogen-bond acceptors (Lipinski definition) is 2. The van der Waals surface area contributed by atoms with Crippen molar-refractivity contribution in [1.29, 1.82) is 0 Å². The van der Waals surface area contributed by atoms with Crippen LogP contribution in [0.1, 0.15) is 22.3 Å². The van der Waals surface area contributed by atoms with Crippen molar-refractivity contribution in [3.8, 4) is 0 Å². The largest absolute Gasteiger partial charge is 0.352 e. The molecule has 4 heteroatoms. The Morgan fingerprint density at radius 3 is 2.60 bits per heavy atom. The lowest BCUT2D eigenvalue weighted by atomic mass is 10.1. The van der Waals surface area contributed by atoms with Crippen LogP contribution in [-0.4, -0.2) is 17.7 Å². The van der Waals surface area contributed by atoms with Crippen molar-refractivity contribution in [3.05, 3.63) is 35.4 Å². The average molecular weight is 226 g/mol. The fourth-order valence-electron chi connectivity index (χ4n) is 1.20. The summed E-state index contributed by atoms with van der Waals surface area (Å²) in [4.78, 5) is 22.0. The van der Waals surface area contributed by atoms with Crippen molar-refractivity contribution in [2.45, 2.75) is 13.3 Å². The van der Waals surface area contributed by atoms with E-state index >= 15 is 0 Å². The molecule has 15 heavy (non-hydrogen) atoms. The molecular weight excluding hydrogens is 214 g/mol. The number of rotatable bonds is 4. The summed E-state index contributed by atoms with van der Waals surface area (Å²) < 4.78 is 0. The monoisotopic (exact) mass is 225 g/mol. The van der Waals surface area contributed by atoms with Crippen LogP contribution in [0, 0.1) is 6.92 Å². The number of aryl methyl sites for hydroxylation is 1. The predicted octanol–water partition coefficient (Wildman–Crippen LogP) is 1.88. The van der Waals surface area contributed by atoms with Crippen molar-refractivity contribution in [2.24, 2.45) is 0 Å². The molecule has 1 rings (SSSR count). The van der Waals surface area contributed by atoms with E-state index in [9.17, 15) is 9.59 Å². The van der Waals surface area contributed by atoms with Crippen molar-refractivity contribution < 1.29 is 9.59 Å². The number of amides is 1. The number of benzene rings is 1. The molecule has 0 heterocycles. The van der Waals surface area contributed by atoms with Crippen molar-refractivity contribution in [1.82, 2.24) is 5.32 Å². The molecule has 0 saturated heterocycles. The summed E-state index contributed by atoms with van der Waals surface area (Å²) in [6, 6.07) is 7.28. The first kappa shape index (κ1) is 11.7. The number of hydrogen-bond donors (Lipinski definition) is 1. The fourth-order valence-corrected chi connectivity index (χ4v) is 1.29. The summed E-state index contributed by atoms with van der Waals surface area (Å²) >= 11 is 5.15. The van der Waals surface area contributed by atoms with E-state index in [2.05, 4.69) is 5.32 Å². The van der Waals surface area contributed by atoms with Gasteiger partial charge in [-0.25, -0.2) is 0 Å². The number of halogens is 1. The van der Waals surface area contributed by atoms with Gasteiger partial charge < -0.3 is 5.32 Å². The van der Waals surface area contributed by atoms with Crippen LogP contribution in [0.5, 0.6) is 0 Å². The Morgan fingerprint density at radius 2 is 2.00 bits per heavy atom. The summed E-state index contributed by atoms with van der Waals surface area (Å²) in [5.41, 5.74) is 1.53. The van der Waals surface area contributed by atoms with E-state index < -0.39 is 5.24 Å². The predicted molar refractivity (Wildman–Crippen MR) is 59.0 cm³/mol. The SMILES string of the molecule is Cc1ccccc1C(=O)NCCC(=O)Cl. The molecule has 0 aliphatic carbocycles. The molecule has 0 radical (unpaired) electrons. The quantitative estimate of drug-likeness (QED) is 0.796. The molecule has 1 N–H and O–H groups in total. The van der Waals surface area contributed by atoms with Gasteiger partial charge in [0.25, 0.3) is 5.91 Å². The third-order valence-corrected chi connectivity index (χ3v) is 2.19. The highest BCUT2D eigenvalue weighted by Gasteiger charge is 2.07. The van der Waals surface area contributed by atoms with Gasteiger partial charge in [0.2, 0.25) is 5.24 Å². The molecule has 1 aromatic carbocycles. The second-order valence-corrected chi connectivity index (χ2v) is 3.60. The first-order chi connectivity index (χ1) is 7.11. The minimum Gasteiger partial charge on any atom is -0.352 e. The molecule has 0 aliphatic rings. The maximum atomic E-state index is 11.6. The summed E-state index contributed by atoms with van der Waals surface area (Å²) in [6.45, 7) is 2.14. The molecule has 3 nitrogen and oxygen atoms in total. The minimum atomic E-state index is -0.444. The third-order valence-electron chi connectivity index (χ3n) is 2.00. The Morgan fingerprint density at radius 1 is 1.33 bits per heavy atom. The van der Waals surface area contributed by atoms with E-state index in [1.54, 1.807) is 12.1 Å². The standard InChI is InChI=1S/C11H12ClNO2/c1-8-4-2-3-5-9(8)11(15)13-7-6-10(12)14/h2-5H,6-7H2,1H3,(H,13,15). The molecule has 1 aromatic rings. The molecule has 0 saturated carbocycles. The van der Waals surface area contributed by atoms with E-state index in [4.69, 9.17) is 11.6 Å². The maximum Gasteiger partial charge on any atom is 0.251 e. The van der Waals surface area contributed by atoms with Crippen LogP contribution < -0.4 is 5.32 Å². The second-order valence-electron chi connectivity index (χ2n) is 3.18. The average Bonchev–Trinajstić information content (AvgIpc) is 2.17. The zero-order valence-electron chi connectivity index (χ0n) is 8.42. The summed E-state index contributed by atoms with van der Waals surface area (Å²) in [6.07, 6.45) is 0.152. The smallest absolute Gasteiger partial charge is 0.251 e. The van der Waals surface area contributed by atoms with E-state index in [0.717, 1.165) is 5.56 Å². The molecule has 0 fully saturated rings. The summed E-state index contributed by atoms with van der Waals surface area (Å²) in [5.74, 6) is -0.175. The maximum absolute atomic E-state index is 11.6. The molecule has 80 valence electrons. The molecule has 0 atom stereocenters. The number of nitrogens with one attached hydrogen (secondary N) is 1. The van der Waals surface area contributed by atoms with E-state index in [0.29, 0.717) is 5.56 Å². The van der Waals surface area contributed by atoms with Gasteiger partial charge in [-0.1, -0.05) is 18.2 Å². The van der Waals surface area contributed by atoms with Crippen LogP contribution in [0.25, 0.3) is 0 Å². The third kappa shape index (κ3) is 3.72. The minimum absolute atomic E-state index is 0.152. The highest BCUT2D eigenvalue weighted by atomic mass is 35.5. The van der Waals surface area contributed by atoms with Gasteiger partial charge in [-0.05, 0) is 30.2 Å². The lowest BCUT2D eigenvalue weighted by Crippen LogP contribution is -2.25. The van der Waals surface area contributed by atoms with Gasteiger partial charge in [-0.2, -0.15) is 0 Å². The molecule has 0 aliphatic heterocycles. The van der Waals surface area contributed by atoms with Crippen LogP contribution in [0.15, 0.2) is 24.3 Å². The van der Waals surface area contributed by atoms with Crippen LogP contribution in [-0.2, 0) is 4.79 Å². The van der Waals surface area contributed by atoms with Gasteiger partial charge in [-0.15, -0.1) is 0 Å². The van der Waals surface area contributed by atoms with Crippen LogP contribution >= 0.6 is 11.6 Å². The Balaban J connectivity index is 2.54. The van der Waals surface area contributed by atoms with Gasteiger partial charge in [0, 0.05) is 18.5 Å². The Bertz CT molecular complexity index is 377. The summed E-state index contributed by atoms with van der Waals surface area (Å²) in [5, 5.41) is 2.18. The van der Waals surface area contributed by atoms with Crippen molar-refractivity contribution in [2.75, 3.05) is 6.54 Å². The molecule has 1 amide bonds. The zero-order valence-corrected chi connectivity index (χ0v) is 9.17. The first-order valence-electron chi connectivity index (χ1n) is 4.63. The Labute approximate surface area is 93.4 Å². The van der Waals surface area contributed by atoms with Crippen LogP contribution in [0.2, 0.25) is 0 Å². The highest BCUT2D eigenvalue weighted by Crippen LogP contribution is 2.06. The summed E-state index contributed by atoms with van der Waals surface area (Å²) in [7, 11) is 0. The highest BCUT2D eigenvalue weighted by molar-refractivity contribution is 6.63. The number of carbonyl (C=O) groups is 2. The van der Waals surface area contributed by atoms with E-state index in [1.807, 2.05) is 19.1 Å². The first-order valence-corrected chi connectivity index (χ1v) is 5.01. The van der Waals surface area contributed by atoms with Gasteiger partial charge >= 0.3 is 0 Å². The molecule has 0 spiro atoms. The zero-order chi connectivity index (χ0) is 11.3. The van der Waals surface area contributed by atoms with Crippen molar-refractivity contribution in [3.63, 3.8) is 0 Å². The molecule has 0 aromatic heterocycles.